The molecule has 120 valence electrons. The van der Waals surface area contributed by atoms with Gasteiger partial charge in [0, 0.05) is 10.9 Å². The van der Waals surface area contributed by atoms with Crippen molar-refractivity contribution >= 4 is 23.6 Å². The highest BCUT2D eigenvalue weighted by molar-refractivity contribution is 8.00. The van der Waals surface area contributed by atoms with Crippen LogP contribution in [0.5, 0.6) is 0 Å². The molecule has 5 heteroatoms. The summed E-state index contributed by atoms with van der Waals surface area (Å²) in [5.41, 5.74) is 2.44. The molecule has 0 radical (unpaired) electrons. The summed E-state index contributed by atoms with van der Waals surface area (Å²) in [6, 6.07) is 6.35. The van der Waals surface area contributed by atoms with Gasteiger partial charge in [-0.15, -0.1) is 11.8 Å². The summed E-state index contributed by atoms with van der Waals surface area (Å²) in [7, 11) is 0. The zero-order valence-electron chi connectivity index (χ0n) is 13.2. The summed E-state index contributed by atoms with van der Waals surface area (Å²) in [5, 5.41) is 2.90. The molecule has 1 fully saturated rings. The van der Waals surface area contributed by atoms with Crippen LogP contribution in [0, 0.1) is 13.8 Å². The van der Waals surface area contributed by atoms with E-state index in [1.54, 1.807) is 0 Å². The number of carbonyl (C=O) groups is 2. The lowest BCUT2D eigenvalue weighted by Crippen LogP contribution is -2.36. The molecule has 1 aliphatic rings. The summed E-state index contributed by atoms with van der Waals surface area (Å²) in [4.78, 5) is 24.4. The number of thioether (sulfide) groups is 1. The maximum absolute atomic E-state index is 11.7. The Morgan fingerprint density at radius 2 is 1.95 bits per heavy atom. The van der Waals surface area contributed by atoms with Crippen LogP contribution in [0.2, 0.25) is 0 Å². The number of benzene rings is 1. The SMILES string of the molecule is Cc1ccc(SCC(=O)OCC(=O)NC2CCCC2)cc1C. The fraction of sp³-hybridized carbons (Fsp3) is 0.529. The van der Waals surface area contributed by atoms with Gasteiger partial charge in [0.2, 0.25) is 0 Å². The zero-order valence-corrected chi connectivity index (χ0v) is 14.0. The van der Waals surface area contributed by atoms with Crippen LogP contribution in [-0.4, -0.2) is 30.3 Å². The molecule has 0 aliphatic heterocycles. The number of esters is 1. The van der Waals surface area contributed by atoms with Crippen molar-refractivity contribution in [2.75, 3.05) is 12.4 Å². The van der Waals surface area contributed by atoms with E-state index in [1.807, 2.05) is 19.1 Å². The molecule has 1 amide bonds. The van der Waals surface area contributed by atoms with Gasteiger partial charge in [-0.05, 0) is 49.9 Å². The Hall–Kier alpha value is -1.49. The van der Waals surface area contributed by atoms with E-state index < -0.39 is 0 Å². The number of rotatable bonds is 6. The number of nitrogens with one attached hydrogen (secondary N) is 1. The van der Waals surface area contributed by atoms with Crippen LogP contribution < -0.4 is 5.32 Å². The van der Waals surface area contributed by atoms with Crippen molar-refractivity contribution in [3.8, 4) is 0 Å². The molecule has 1 N–H and O–H groups in total. The Morgan fingerprint density at radius 1 is 1.23 bits per heavy atom. The van der Waals surface area contributed by atoms with E-state index in [2.05, 4.69) is 18.3 Å². The molecule has 4 nitrogen and oxygen atoms in total. The van der Waals surface area contributed by atoms with Crippen molar-refractivity contribution < 1.29 is 14.3 Å². The highest BCUT2D eigenvalue weighted by atomic mass is 32.2. The smallest absolute Gasteiger partial charge is 0.316 e. The molecule has 0 heterocycles. The number of hydrogen-bond donors (Lipinski definition) is 1. The van der Waals surface area contributed by atoms with Crippen molar-refractivity contribution in [3.05, 3.63) is 29.3 Å². The summed E-state index contributed by atoms with van der Waals surface area (Å²) in [6.45, 7) is 3.93. The third kappa shape index (κ3) is 5.37. The Bertz CT molecular complexity index is 539. The van der Waals surface area contributed by atoms with E-state index in [-0.39, 0.29) is 30.3 Å². The molecule has 0 spiro atoms. The first kappa shape index (κ1) is 16.9. The Morgan fingerprint density at radius 3 is 2.64 bits per heavy atom. The monoisotopic (exact) mass is 321 g/mol. The fourth-order valence-corrected chi connectivity index (χ4v) is 3.27. The lowest BCUT2D eigenvalue weighted by Gasteiger charge is -2.12. The number of hydrogen-bond acceptors (Lipinski definition) is 4. The second kappa shape index (κ2) is 8.22. The lowest BCUT2D eigenvalue weighted by molar-refractivity contribution is -0.146. The van der Waals surface area contributed by atoms with Crippen LogP contribution in [0.25, 0.3) is 0 Å². The van der Waals surface area contributed by atoms with Crippen molar-refractivity contribution in [1.29, 1.82) is 0 Å². The first-order valence-electron chi connectivity index (χ1n) is 7.69. The van der Waals surface area contributed by atoms with Crippen molar-refractivity contribution in [3.63, 3.8) is 0 Å². The first-order valence-corrected chi connectivity index (χ1v) is 8.68. The van der Waals surface area contributed by atoms with E-state index in [0.717, 1.165) is 30.6 Å². The summed E-state index contributed by atoms with van der Waals surface area (Å²) >= 11 is 1.43. The maximum atomic E-state index is 11.7. The molecule has 1 aliphatic carbocycles. The van der Waals surface area contributed by atoms with Gasteiger partial charge in [-0.3, -0.25) is 9.59 Å². The third-order valence-corrected chi connectivity index (χ3v) is 4.89. The van der Waals surface area contributed by atoms with Crippen LogP contribution in [0.4, 0.5) is 0 Å². The van der Waals surface area contributed by atoms with Gasteiger partial charge in [0.25, 0.3) is 5.91 Å². The molecule has 1 aromatic rings. The Kier molecular flexibility index (Phi) is 6.31. The van der Waals surface area contributed by atoms with Crippen molar-refractivity contribution in [2.45, 2.75) is 50.5 Å². The quantitative estimate of drug-likeness (QED) is 0.646. The number of aryl methyl sites for hydroxylation is 2. The predicted molar refractivity (Wildman–Crippen MR) is 88.0 cm³/mol. The van der Waals surface area contributed by atoms with Gasteiger partial charge in [-0.2, -0.15) is 0 Å². The van der Waals surface area contributed by atoms with E-state index in [0.29, 0.717) is 0 Å². The largest absolute Gasteiger partial charge is 0.455 e. The van der Waals surface area contributed by atoms with Crippen molar-refractivity contribution in [1.82, 2.24) is 5.32 Å². The topological polar surface area (TPSA) is 55.4 Å². The van der Waals surface area contributed by atoms with Crippen LogP contribution in [0.3, 0.4) is 0 Å². The second-order valence-electron chi connectivity index (χ2n) is 5.74. The highest BCUT2D eigenvalue weighted by Crippen LogP contribution is 2.21. The maximum Gasteiger partial charge on any atom is 0.316 e. The lowest BCUT2D eigenvalue weighted by atomic mass is 10.1. The van der Waals surface area contributed by atoms with E-state index >= 15 is 0 Å². The predicted octanol–water partition coefficient (Wildman–Crippen LogP) is 3.00. The summed E-state index contributed by atoms with van der Waals surface area (Å²) in [6.07, 6.45) is 4.39. The van der Waals surface area contributed by atoms with Crippen LogP contribution in [0.15, 0.2) is 23.1 Å². The van der Waals surface area contributed by atoms with Gasteiger partial charge in [0.1, 0.15) is 0 Å². The first-order chi connectivity index (χ1) is 10.5. The summed E-state index contributed by atoms with van der Waals surface area (Å²) < 4.78 is 5.02. The standard InChI is InChI=1S/C17H23NO3S/c1-12-7-8-15(9-13(12)2)22-11-17(20)21-10-16(19)18-14-5-3-4-6-14/h7-9,14H,3-6,10-11H2,1-2H3,(H,18,19). The molecule has 0 atom stereocenters. The minimum atomic E-state index is -0.357. The minimum absolute atomic E-state index is 0.178. The molecule has 0 unspecified atom stereocenters. The van der Waals surface area contributed by atoms with Gasteiger partial charge >= 0.3 is 5.97 Å². The molecule has 0 aromatic heterocycles. The Balaban J connectivity index is 1.66. The van der Waals surface area contributed by atoms with Crippen molar-refractivity contribution in [2.24, 2.45) is 0 Å². The molecule has 1 saturated carbocycles. The van der Waals surface area contributed by atoms with Gasteiger partial charge in [-0.1, -0.05) is 18.9 Å². The third-order valence-electron chi connectivity index (χ3n) is 3.92. The van der Waals surface area contributed by atoms with Crippen LogP contribution in [0.1, 0.15) is 36.8 Å². The van der Waals surface area contributed by atoms with Gasteiger partial charge in [-0.25, -0.2) is 0 Å². The van der Waals surface area contributed by atoms with Gasteiger partial charge < -0.3 is 10.1 Å². The second-order valence-corrected chi connectivity index (χ2v) is 6.79. The average Bonchev–Trinajstić information content (AvgIpc) is 2.99. The normalized spacial score (nSPS) is 14.8. The average molecular weight is 321 g/mol. The van der Waals surface area contributed by atoms with E-state index in [4.69, 9.17) is 4.74 Å². The zero-order chi connectivity index (χ0) is 15.9. The number of amides is 1. The van der Waals surface area contributed by atoms with E-state index in [9.17, 15) is 9.59 Å². The molecule has 2 rings (SSSR count). The molecule has 0 bridgehead atoms. The molecule has 0 saturated heterocycles. The summed E-state index contributed by atoms with van der Waals surface area (Å²) in [5.74, 6) is -0.333. The Labute approximate surface area is 136 Å². The highest BCUT2D eigenvalue weighted by Gasteiger charge is 2.17. The van der Waals surface area contributed by atoms with Crippen LogP contribution >= 0.6 is 11.8 Å². The van der Waals surface area contributed by atoms with Crippen LogP contribution in [-0.2, 0) is 14.3 Å². The number of carbonyl (C=O) groups excluding carboxylic acids is 2. The van der Waals surface area contributed by atoms with Gasteiger partial charge in [0.15, 0.2) is 6.61 Å². The molecule has 1 aromatic carbocycles. The van der Waals surface area contributed by atoms with E-state index in [1.165, 1.54) is 22.9 Å². The molecular weight excluding hydrogens is 298 g/mol. The molecular formula is C17H23NO3S. The fourth-order valence-electron chi connectivity index (χ4n) is 2.47. The molecule has 22 heavy (non-hydrogen) atoms. The van der Waals surface area contributed by atoms with Gasteiger partial charge in [0.05, 0.1) is 5.75 Å². The number of ether oxygens (including phenoxy) is 1. The minimum Gasteiger partial charge on any atom is -0.455 e.